The van der Waals surface area contributed by atoms with Crippen LogP contribution in [0.5, 0.6) is 0 Å². The van der Waals surface area contributed by atoms with Crippen molar-refractivity contribution >= 4 is 5.91 Å². The molecule has 0 aromatic heterocycles. The van der Waals surface area contributed by atoms with Crippen molar-refractivity contribution in [1.29, 1.82) is 0 Å². The first-order valence-corrected chi connectivity index (χ1v) is 6.43. The zero-order valence-electron chi connectivity index (χ0n) is 11.0. The molecule has 16 heavy (non-hydrogen) atoms. The number of rotatable bonds is 2. The highest BCUT2D eigenvalue weighted by atomic mass is 16.2. The maximum absolute atomic E-state index is 12.2. The van der Waals surface area contributed by atoms with Crippen LogP contribution in [0.1, 0.15) is 33.6 Å². The molecule has 3 heteroatoms. The molecule has 92 valence electrons. The van der Waals surface area contributed by atoms with Crippen LogP contribution in [0.2, 0.25) is 0 Å². The molecule has 0 saturated carbocycles. The summed E-state index contributed by atoms with van der Waals surface area (Å²) in [6, 6.07) is 0.175. The average Bonchev–Trinajstić information content (AvgIpc) is 2.60. The van der Waals surface area contributed by atoms with Gasteiger partial charge in [-0.25, -0.2) is 0 Å². The van der Waals surface area contributed by atoms with E-state index in [0.717, 1.165) is 32.5 Å². The second-order valence-electron chi connectivity index (χ2n) is 6.10. The largest absolute Gasteiger partial charge is 0.341 e. The molecule has 0 unspecified atom stereocenters. The van der Waals surface area contributed by atoms with Gasteiger partial charge in [0.1, 0.15) is 0 Å². The van der Waals surface area contributed by atoms with Gasteiger partial charge in [-0.2, -0.15) is 0 Å². The van der Waals surface area contributed by atoms with Gasteiger partial charge in [0, 0.05) is 19.6 Å². The number of amides is 1. The topological polar surface area (TPSA) is 23.6 Å². The summed E-state index contributed by atoms with van der Waals surface area (Å²) in [5.74, 6) is 1.02. The number of hydrogen-bond donors (Lipinski definition) is 0. The molecule has 0 spiro atoms. The fraction of sp³-hybridized carbons (Fsp3) is 0.923. The van der Waals surface area contributed by atoms with Gasteiger partial charge in [0.05, 0.1) is 6.04 Å². The standard InChI is InChI=1S/C13H24N2O/c1-10(2)13(3)6-8-15(9-13)12(16)11-5-7-14(11)4/h10-11H,5-9H2,1-4H3/t11-,13+/m1/s1. The van der Waals surface area contributed by atoms with Gasteiger partial charge in [-0.15, -0.1) is 0 Å². The third-order valence-corrected chi connectivity index (χ3v) is 4.78. The van der Waals surface area contributed by atoms with Gasteiger partial charge in [-0.05, 0) is 31.2 Å². The van der Waals surface area contributed by atoms with E-state index in [0.29, 0.717) is 17.2 Å². The predicted octanol–water partition coefficient (Wildman–Crippen LogP) is 1.59. The lowest BCUT2D eigenvalue weighted by Gasteiger charge is -2.39. The van der Waals surface area contributed by atoms with Crippen LogP contribution in [0.15, 0.2) is 0 Å². The molecule has 2 heterocycles. The lowest BCUT2D eigenvalue weighted by atomic mass is 9.78. The van der Waals surface area contributed by atoms with Crippen molar-refractivity contribution in [3.63, 3.8) is 0 Å². The van der Waals surface area contributed by atoms with Crippen LogP contribution >= 0.6 is 0 Å². The lowest BCUT2D eigenvalue weighted by Crippen LogP contribution is -2.55. The molecule has 3 nitrogen and oxygen atoms in total. The molecular formula is C13H24N2O. The Balaban J connectivity index is 1.96. The predicted molar refractivity (Wildman–Crippen MR) is 65.2 cm³/mol. The molecule has 2 fully saturated rings. The molecule has 2 atom stereocenters. The van der Waals surface area contributed by atoms with E-state index < -0.39 is 0 Å². The van der Waals surface area contributed by atoms with E-state index in [-0.39, 0.29) is 6.04 Å². The molecule has 0 bridgehead atoms. The molecule has 2 rings (SSSR count). The highest BCUT2D eigenvalue weighted by Gasteiger charge is 2.42. The SMILES string of the molecule is CC(C)[C@@]1(C)CCN(C(=O)[C@H]2CCN2C)C1. The molecular weight excluding hydrogens is 200 g/mol. The molecule has 0 N–H and O–H groups in total. The van der Waals surface area contributed by atoms with E-state index in [1.165, 1.54) is 0 Å². The number of hydrogen-bond acceptors (Lipinski definition) is 2. The van der Waals surface area contributed by atoms with Crippen molar-refractivity contribution < 1.29 is 4.79 Å². The van der Waals surface area contributed by atoms with Gasteiger partial charge in [0.2, 0.25) is 5.91 Å². The second-order valence-corrected chi connectivity index (χ2v) is 6.10. The van der Waals surface area contributed by atoms with Crippen molar-refractivity contribution in [2.75, 3.05) is 26.7 Å². The van der Waals surface area contributed by atoms with Crippen LogP contribution in [0.25, 0.3) is 0 Å². The highest BCUT2D eigenvalue weighted by molar-refractivity contribution is 5.83. The monoisotopic (exact) mass is 224 g/mol. The van der Waals surface area contributed by atoms with Crippen LogP contribution in [0.4, 0.5) is 0 Å². The smallest absolute Gasteiger partial charge is 0.239 e. The molecule has 2 saturated heterocycles. The van der Waals surface area contributed by atoms with Crippen LogP contribution in [0, 0.1) is 11.3 Å². The number of likely N-dealkylation sites (tertiary alicyclic amines) is 2. The molecule has 1 amide bonds. The quantitative estimate of drug-likeness (QED) is 0.711. The van der Waals surface area contributed by atoms with Crippen molar-refractivity contribution in [3.05, 3.63) is 0 Å². The van der Waals surface area contributed by atoms with E-state index >= 15 is 0 Å². The van der Waals surface area contributed by atoms with Crippen LogP contribution in [-0.2, 0) is 4.79 Å². The minimum Gasteiger partial charge on any atom is -0.341 e. The third-order valence-electron chi connectivity index (χ3n) is 4.78. The molecule has 2 aliphatic heterocycles. The van der Waals surface area contributed by atoms with Gasteiger partial charge >= 0.3 is 0 Å². The van der Waals surface area contributed by atoms with Crippen molar-refractivity contribution in [1.82, 2.24) is 9.80 Å². The zero-order chi connectivity index (χ0) is 11.9. The Bertz CT molecular complexity index is 290. The Morgan fingerprint density at radius 2 is 2.06 bits per heavy atom. The summed E-state index contributed by atoms with van der Waals surface area (Å²) in [5, 5.41) is 0. The molecule has 0 aromatic rings. The first-order chi connectivity index (χ1) is 7.44. The third kappa shape index (κ3) is 1.86. The number of carbonyl (C=O) groups is 1. The summed E-state index contributed by atoms with van der Waals surface area (Å²) in [6.07, 6.45) is 2.21. The Morgan fingerprint density at radius 3 is 2.44 bits per heavy atom. The first-order valence-electron chi connectivity index (χ1n) is 6.43. The van der Waals surface area contributed by atoms with Crippen molar-refractivity contribution in [3.8, 4) is 0 Å². The van der Waals surface area contributed by atoms with E-state index in [2.05, 4.69) is 30.6 Å². The van der Waals surface area contributed by atoms with Gasteiger partial charge < -0.3 is 4.90 Å². The Kier molecular flexibility index (Phi) is 2.99. The Morgan fingerprint density at radius 1 is 1.38 bits per heavy atom. The van der Waals surface area contributed by atoms with E-state index in [4.69, 9.17) is 0 Å². The van der Waals surface area contributed by atoms with Crippen molar-refractivity contribution in [2.45, 2.75) is 39.7 Å². The summed E-state index contributed by atoms with van der Waals surface area (Å²) in [4.78, 5) is 16.5. The van der Waals surface area contributed by atoms with E-state index in [1.54, 1.807) is 0 Å². The normalized spacial score (nSPS) is 35.6. The lowest BCUT2D eigenvalue weighted by molar-refractivity contribution is -0.140. The van der Waals surface area contributed by atoms with Crippen LogP contribution < -0.4 is 0 Å². The van der Waals surface area contributed by atoms with Gasteiger partial charge in [-0.1, -0.05) is 20.8 Å². The summed E-state index contributed by atoms with van der Waals surface area (Å²) in [7, 11) is 2.05. The fourth-order valence-electron chi connectivity index (χ4n) is 2.68. The van der Waals surface area contributed by atoms with Crippen LogP contribution in [-0.4, -0.2) is 48.4 Å². The summed E-state index contributed by atoms with van der Waals surface area (Å²) in [6.45, 7) is 9.83. The summed E-state index contributed by atoms with van der Waals surface area (Å²) >= 11 is 0. The minimum absolute atomic E-state index is 0.175. The molecule has 2 aliphatic rings. The second kappa shape index (κ2) is 4.02. The minimum atomic E-state index is 0.175. The van der Waals surface area contributed by atoms with Crippen molar-refractivity contribution in [2.24, 2.45) is 11.3 Å². The first kappa shape index (κ1) is 11.9. The number of likely N-dealkylation sites (N-methyl/N-ethyl adjacent to an activating group) is 1. The van der Waals surface area contributed by atoms with Gasteiger partial charge in [0.15, 0.2) is 0 Å². The zero-order valence-corrected chi connectivity index (χ0v) is 11.0. The fourth-order valence-corrected chi connectivity index (χ4v) is 2.68. The Labute approximate surface area is 98.8 Å². The maximum Gasteiger partial charge on any atom is 0.239 e. The average molecular weight is 224 g/mol. The Hall–Kier alpha value is -0.570. The highest BCUT2D eigenvalue weighted by Crippen LogP contribution is 2.37. The van der Waals surface area contributed by atoms with Gasteiger partial charge in [-0.3, -0.25) is 9.69 Å². The number of carbonyl (C=O) groups excluding carboxylic acids is 1. The summed E-state index contributed by atoms with van der Waals surface area (Å²) < 4.78 is 0. The molecule has 0 aliphatic carbocycles. The maximum atomic E-state index is 12.2. The molecule has 0 radical (unpaired) electrons. The van der Waals surface area contributed by atoms with E-state index in [9.17, 15) is 4.79 Å². The summed E-state index contributed by atoms with van der Waals surface area (Å²) in [5.41, 5.74) is 0.331. The number of nitrogens with zero attached hydrogens (tertiary/aromatic N) is 2. The van der Waals surface area contributed by atoms with Crippen LogP contribution in [0.3, 0.4) is 0 Å². The van der Waals surface area contributed by atoms with Gasteiger partial charge in [0.25, 0.3) is 0 Å². The molecule has 0 aromatic carbocycles. The van der Waals surface area contributed by atoms with E-state index in [1.807, 2.05) is 7.05 Å².